The van der Waals surface area contributed by atoms with E-state index in [9.17, 15) is 18.0 Å². The number of rotatable bonds is 7. The van der Waals surface area contributed by atoms with Gasteiger partial charge in [-0.05, 0) is 59.2 Å². The maximum absolute atomic E-state index is 12.6. The predicted octanol–water partition coefficient (Wildman–Crippen LogP) is 6.54. The Morgan fingerprint density at radius 3 is 1.82 bits per heavy atom. The summed E-state index contributed by atoms with van der Waals surface area (Å²) in [6, 6.07) is 17.4. The standard InChI is InChI=1S/C26H22F3NO3/c1-32-23-15-20(16-24(17-23)33-2)4-3-18-7-12-22(13-8-18)30-25(31)14-9-19-5-10-21(11-6-19)26(27,28)29/h3-17H,1-2H3,(H,30,31)/b4-3+,14-9+. The van der Waals surface area contributed by atoms with Crippen LogP contribution in [0.1, 0.15) is 22.3 Å². The molecule has 0 aliphatic heterocycles. The third-order valence-corrected chi connectivity index (χ3v) is 4.69. The van der Waals surface area contributed by atoms with Crippen LogP contribution in [0.4, 0.5) is 18.9 Å². The van der Waals surface area contributed by atoms with Gasteiger partial charge in [0.05, 0.1) is 19.8 Å². The van der Waals surface area contributed by atoms with Crippen molar-refractivity contribution in [1.82, 2.24) is 0 Å². The minimum absolute atomic E-state index is 0.387. The smallest absolute Gasteiger partial charge is 0.416 e. The molecule has 0 fully saturated rings. The lowest BCUT2D eigenvalue weighted by molar-refractivity contribution is -0.137. The van der Waals surface area contributed by atoms with E-state index in [2.05, 4.69) is 5.32 Å². The molecule has 0 aromatic heterocycles. The summed E-state index contributed by atoms with van der Waals surface area (Å²) in [6.07, 6.45) is 2.18. The second-order valence-corrected chi connectivity index (χ2v) is 7.04. The molecule has 4 nitrogen and oxygen atoms in total. The van der Waals surface area contributed by atoms with Gasteiger partial charge in [-0.25, -0.2) is 0 Å². The molecule has 170 valence electrons. The van der Waals surface area contributed by atoms with Crippen molar-refractivity contribution in [2.24, 2.45) is 0 Å². The lowest BCUT2D eigenvalue weighted by Crippen LogP contribution is -2.07. The van der Waals surface area contributed by atoms with Crippen molar-refractivity contribution in [3.63, 3.8) is 0 Å². The maximum atomic E-state index is 12.6. The van der Waals surface area contributed by atoms with E-state index in [1.807, 2.05) is 36.4 Å². The van der Waals surface area contributed by atoms with E-state index >= 15 is 0 Å². The number of ether oxygens (including phenoxy) is 2. The van der Waals surface area contributed by atoms with Gasteiger partial charge in [-0.15, -0.1) is 0 Å². The monoisotopic (exact) mass is 453 g/mol. The van der Waals surface area contributed by atoms with Crippen molar-refractivity contribution in [2.75, 3.05) is 19.5 Å². The van der Waals surface area contributed by atoms with E-state index in [4.69, 9.17) is 9.47 Å². The van der Waals surface area contributed by atoms with Gasteiger partial charge in [-0.1, -0.05) is 36.4 Å². The molecular weight excluding hydrogens is 431 g/mol. The van der Waals surface area contributed by atoms with Crippen LogP contribution in [0.5, 0.6) is 11.5 Å². The Hall–Kier alpha value is -4.00. The third kappa shape index (κ3) is 7.00. The number of carbonyl (C=O) groups excluding carboxylic acids is 1. The van der Waals surface area contributed by atoms with Crippen LogP contribution in [0, 0.1) is 0 Å². The van der Waals surface area contributed by atoms with Crippen molar-refractivity contribution in [3.8, 4) is 11.5 Å². The molecule has 0 atom stereocenters. The van der Waals surface area contributed by atoms with E-state index < -0.39 is 11.7 Å². The van der Waals surface area contributed by atoms with Gasteiger partial charge in [0.25, 0.3) is 0 Å². The van der Waals surface area contributed by atoms with Crippen LogP contribution in [-0.4, -0.2) is 20.1 Å². The second kappa shape index (κ2) is 10.5. The Labute approximate surface area is 190 Å². The largest absolute Gasteiger partial charge is 0.497 e. The minimum Gasteiger partial charge on any atom is -0.497 e. The molecule has 0 heterocycles. The molecule has 7 heteroatoms. The molecule has 0 saturated heterocycles. The molecular formula is C26H22F3NO3. The molecule has 1 amide bonds. The number of carbonyl (C=O) groups is 1. The van der Waals surface area contributed by atoms with Crippen LogP contribution >= 0.6 is 0 Å². The van der Waals surface area contributed by atoms with E-state index in [-0.39, 0.29) is 5.91 Å². The molecule has 3 aromatic rings. The van der Waals surface area contributed by atoms with Gasteiger partial charge in [0.1, 0.15) is 11.5 Å². The normalized spacial score (nSPS) is 11.7. The average molecular weight is 453 g/mol. The number of anilines is 1. The molecule has 3 aromatic carbocycles. The van der Waals surface area contributed by atoms with E-state index in [1.54, 1.807) is 32.4 Å². The summed E-state index contributed by atoms with van der Waals surface area (Å²) < 4.78 is 48.3. The first kappa shape index (κ1) is 23.7. The number of benzene rings is 3. The molecule has 0 aliphatic carbocycles. The zero-order valence-electron chi connectivity index (χ0n) is 18.0. The highest BCUT2D eigenvalue weighted by atomic mass is 19.4. The van der Waals surface area contributed by atoms with Gasteiger partial charge in [0, 0.05) is 17.8 Å². The molecule has 0 saturated carbocycles. The van der Waals surface area contributed by atoms with Crippen LogP contribution in [0.2, 0.25) is 0 Å². The minimum atomic E-state index is -4.39. The van der Waals surface area contributed by atoms with Crippen molar-refractivity contribution in [3.05, 3.63) is 95.1 Å². The fourth-order valence-electron chi connectivity index (χ4n) is 2.93. The van der Waals surface area contributed by atoms with Crippen LogP contribution < -0.4 is 14.8 Å². The van der Waals surface area contributed by atoms with Crippen molar-refractivity contribution >= 4 is 29.8 Å². The first-order chi connectivity index (χ1) is 15.8. The van der Waals surface area contributed by atoms with Gasteiger partial charge in [0.2, 0.25) is 5.91 Å². The fourth-order valence-corrected chi connectivity index (χ4v) is 2.93. The zero-order valence-corrected chi connectivity index (χ0v) is 18.0. The summed E-state index contributed by atoms with van der Waals surface area (Å²) in [5, 5.41) is 2.72. The van der Waals surface area contributed by atoms with Gasteiger partial charge >= 0.3 is 6.18 Å². The predicted molar refractivity (Wildman–Crippen MR) is 124 cm³/mol. The Bertz CT molecular complexity index is 1130. The van der Waals surface area contributed by atoms with Crippen molar-refractivity contribution in [2.45, 2.75) is 6.18 Å². The van der Waals surface area contributed by atoms with Crippen LogP contribution in [0.15, 0.2) is 72.8 Å². The number of hydrogen-bond donors (Lipinski definition) is 1. The number of methoxy groups -OCH3 is 2. The Morgan fingerprint density at radius 2 is 1.27 bits per heavy atom. The Morgan fingerprint density at radius 1 is 0.758 bits per heavy atom. The Balaban J connectivity index is 1.59. The fraction of sp³-hybridized carbons (Fsp3) is 0.115. The van der Waals surface area contributed by atoms with Gasteiger partial charge in [-0.3, -0.25) is 4.79 Å². The lowest BCUT2D eigenvalue weighted by atomic mass is 10.1. The topological polar surface area (TPSA) is 47.6 Å². The molecule has 0 unspecified atom stereocenters. The maximum Gasteiger partial charge on any atom is 0.416 e. The molecule has 0 radical (unpaired) electrons. The van der Waals surface area contributed by atoms with E-state index in [0.29, 0.717) is 22.7 Å². The van der Waals surface area contributed by atoms with Crippen molar-refractivity contribution in [1.29, 1.82) is 0 Å². The van der Waals surface area contributed by atoms with Crippen molar-refractivity contribution < 1.29 is 27.4 Å². The highest BCUT2D eigenvalue weighted by molar-refractivity contribution is 6.02. The summed E-state index contributed by atoms with van der Waals surface area (Å²) in [6.45, 7) is 0. The molecule has 3 rings (SSSR count). The Kier molecular flexibility index (Phi) is 7.56. The number of halogens is 3. The molecule has 33 heavy (non-hydrogen) atoms. The van der Waals surface area contributed by atoms with Gasteiger partial charge in [0.15, 0.2) is 0 Å². The van der Waals surface area contributed by atoms with E-state index in [0.717, 1.165) is 23.3 Å². The van der Waals surface area contributed by atoms with Gasteiger partial charge < -0.3 is 14.8 Å². The number of hydrogen-bond acceptors (Lipinski definition) is 3. The number of nitrogens with one attached hydrogen (secondary N) is 1. The third-order valence-electron chi connectivity index (χ3n) is 4.69. The highest BCUT2D eigenvalue weighted by Crippen LogP contribution is 2.29. The molecule has 0 aliphatic rings. The number of alkyl halides is 3. The van der Waals surface area contributed by atoms with Crippen LogP contribution in [0.3, 0.4) is 0 Å². The number of amides is 1. The quantitative estimate of drug-likeness (QED) is 0.326. The first-order valence-corrected chi connectivity index (χ1v) is 9.94. The summed E-state index contributed by atoms with van der Waals surface area (Å²) in [7, 11) is 3.18. The summed E-state index contributed by atoms with van der Waals surface area (Å²) in [4.78, 5) is 12.1. The molecule has 0 bridgehead atoms. The average Bonchev–Trinajstić information content (AvgIpc) is 2.81. The summed E-state index contributed by atoms with van der Waals surface area (Å²) in [5.74, 6) is 0.995. The van der Waals surface area contributed by atoms with E-state index in [1.165, 1.54) is 24.3 Å². The molecule has 0 spiro atoms. The van der Waals surface area contributed by atoms with Crippen LogP contribution in [-0.2, 0) is 11.0 Å². The summed E-state index contributed by atoms with van der Waals surface area (Å²) >= 11 is 0. The zero-order chi connectivity index (χ0) is 23.8. The highest BCUT2D eigenvalue weighted by Gasteiger charge is 2.29. The summed E-state index contributed by atoms with van der Waals surface area (Å²) in [5.41, 5.74) is 2.20. The molecule has 1 N–H and O–H groups in total. The first-order valence-electron chi connectivity index (χ1n) is 9.94. The second-order valence-electron chi connectivity index (χ2n) is 7.04. The van der Waals surface area contributed by atoms with Gasteiger partial charge in [-0.2, -0.15) is 13.2 Å². The lowest BCUT2D eigenvalue weighted by Gasteiger charge is -2.06. The van der Waals surface area contributed by atoms with Crippen LogP contribution in [0.25, 0.3) is 18.2 Å². The SMILES string of the molecule is COc1cc(/C=C/c2ccc(NC(=O)/C=C/c3ccc(C(F)(F)F)cc3)cc2)cc(OC)c1.